The fourth-order valence-corrected chi connectivity index (χ4v) is 2.03. The molecule has 0 atom stereocenters. The van der Waals surface area contributed by atoms with Gasteiger partial charge in [0, 0.05) is 5.56 Å². The molecule has 4 nitrogen and oxygen atoms in total. The Morgan fingerprint density at radius 3 is 2.58 bits per heavy atom. The highest BCUT2D eigenvalue weighted by molar-refractivity contribution is 6.00. The van der Waals surface area contributed by atoms with Crippen molar-refractivity contribution in [2.24, 2.45) is 0 Å². The number of carbonyl (C=O) groups excluding carboxylic acids is 1. The lowest BCUT2D eigenvalue weighted by Gasteiger charge is -2.00. The summed E-state index contributed by atoms with van der Waals surface area (Å²) < 4.78 is 6.17. The lowest BCUT2D eigenvalue weighted by Crippen LogP contribution is -2.23. The van der Waals surface area contributed by atoms with Crippen LogP contribution in [-0.2, 0) is 0 Å². The van der Waals surface area contributed by atoms with Crippen LogP contribution in [0.5, 0.6) is 0 Å². The van der Waals surface area contributed by atoms with Crippen molar-refractivity contribution in [3.8, 4) is 0 Å². The molecule has 0 aliphatic heterocycles. The highest BCUT2D eigenvalue weighted by atomic mass is 16.4. The maximum atomic E-state index is 12.3. The fraction of sp³-hybridized carbons (Fsp3) is 0.0667. The van der Waals surface area contributed by atoms with Crippen LogP contribution in [0.4, 0.5) is 0 Å². The molecule has 0 spiro atoms. The van der Waals surface area contributed by atoms with Crippen LogP contribution in [-0.4, -0.2) is 10.5 Å². The van der Waals surface area contributed by atoms with E-state index in [0.717, 1.165) is 10.1 Å². The van der Waals surface area contributed by atoms with Crippen LogP contribution in [0.15, 0.2) is 57.7 Å². The molecule has 0 saturated heterocycles. The molecule has 0 fully saturated rings. The molecule has 3 aromatic rings. The summed E-state index contributed by atoms with van der Waals surface area (Å²) in [6.07, 6.45) is 0. The second kappa shape index (κ2) is 4.24. The van der Waals surface area contributed by atoms with Crippen LogP contribution in [0.1, 0.15) is 15.9 Å². The van der Waals surface area contributed by atoms with Gasteiger partial charge in [0.15, 0.2) is 5.58 Å². The molecule has 0 radical (unpaired) electrons. The van der Waals surface area contributed by atoms with E-state index in [0.29, 0.717) is 16.7 Å². The monoisotopic (exact) mass is 253 g/mol. The normalized spacial score (nSPS) is 10.8. The Kier molecular flexibility index (Phi) is 2.56. The number of benzene rings is 2. The molecule has 4 heteroatoms. The van der Waals surface area contributed by atoms with E-state index in [1.165, 1.54) is 0 Å². The molecule has 0 aliphatic rings. The Balaban J connectivity index is 2.23. The molecule has 19 heavy (non-hydrogen) atoms. The lowest BCUT2D eigenvalue weighted by atomic mass is 10.2. The third kappa shape index (κ3) is 1.87. The third-order valence-electron chi connectivity index (χ3n) is 2.96. The zero-order valence-electron chi connectivity index (χ0n) is 10.3. The molecule has 0 N–H and O–H groups in total. The van der Waals surface area contributed by atoms with Gasteiger partial charge in [-0.3, -0.25) is 4.79 Å². The van der Waals surface area contributed by atoms with Gasteiger partial charge in [-0.1, -0.05) is 24.3 Å². The highest BCUT2D eigenvalue weighted by Gasteiger charge is 2.17. The maximum absolute atomic E-state index is 12.3. The number of fused-ring (bicyclic) bond motifs is 1. The lowest BCUT2D eigenvalue weighted by molar-refractivity contribution is 0.0956. The summed E-state index contributed by atoms with van der Waals surface area (Å²) in [4.78, 5) is 24.2. The number of hydrogen-bond donors (Lipinski definition) is 0. The van der Waals surface area contributed by atoms with Crippen molar-refractivity contribution < 1.29 is 9.21 Å². The molecule has 1 aromatic heterocycles. The van der Waals surface area contributed by atoms with E-state index in [4.69, 9.17) is 4.42 Å². The first-order chi connectivity index (χ1) is 9.16. The molecule has 0 aliphatic carbocycles. The van der Waals surface area contributed by atoms with E-state index in [1.807, 2.05) is 19.1 Å². The first-order valence-electron chi connectivity index (χ1n) is 5.89. The van der Waals surface area contributed by atoms with Crippen molar-refractivity contribution in [1.82, 2.24) is 4.57 Å². The summed E-state index contributed by atoms with van der Waals surface area (Å²) in [5.74, 6) is -1.04. The average molecular weight is 253 g/mol. The van der Waals surface area contributed by atoms with Crippen molar-refractivity contribution in [3.63, 3.8) is 0 Å². The molecule has 0 unspecified atom stereocenters. The average Bonchev–Trinajstić information content (AvgIpc) is 2.74. The van der Waals surface area contributed by atoms with Crippen LogP contribution in [0.25, 0.3) is 11.1 Å². The Bertz CT molecular complexity index is 812. The minimum absolute atomic E-state index is 0.381. The number of aryl methyl sites for hydroxylation is 1. The molecule has 3 rings (SSSR count). The van der Waals surface area contributed by atoms with Crippen LogP contribution in [0, 0.1) is 6.92 Å². The SMILES string of the molecule is Cc1ccc2c(c1)oc(=O)n2C(=O)c1ccccc1. The molecule has 94 valence electrons. The summed E-state index contributed by atoms with van der Waals surface area (Å²) in [6, 6.07) is 14.0. The quantitative estimate of drug-likeness (QED) is 0.669. The molecule has 1 heterocycles. The summed E-state index contributed by atoms with van der Waals surface area (Å²) in [6.45, 7) is 1.90. The van der Waals surface area contributed by atoms with Crippen molar-refractivity contribution >= 4 is 17.0 Å². The van der Waals surface area contributed by atoms with Gasteiger partial charge < -0.3 is 4.42 Å². The van der Waals surface area contributed by atoms with Gasteiger partial charge in [0.1, 0.15) is 0 Å². The van der Waals surface area contributed by atoms with Gasteiger partial charge in [0.25, 0.3) is 5.91 Å². The van der Waals surface area contributed by atoms with Gasteiger partial charge in [0.2, 0.25) is 0 Å². The zero-order chi connectivity index (χ0) is 13.4. The van der Waals surface area contributed by atoms with Gasteiger partial charge in [-0.25, -0.2) is 9.36 Å². The summed E-state index contributed by atoms with van der Waals surface area (Å²) in [7, 11) is 0. The van der Waals surface area contributed by atoms with Gasteiger partial charge in [-0.15, -0.1) is 0 Å². The first-order valence-corrected chi connectivity index (χ1v) is 5.89. The van der Waals surface area contributed by atoms with Crippen molar-refractivity contribution in [3.05, 3.63) is 70.2 Å². The van der Waals surface area contributed by atoms with Crippen LogP contribution in [0.3, 0.4) is 0 Å². The van der Waals surface area contributed by atoms with Crippen LogP contribution in [0.2, 0.25) is 0 Å². The van der Waals surface area contributed by atoms with Gasteiger partial charge in [-0.2, -0.15) is 0 Å². The van der Waals surface area contributed by atoms with Gasteiger partial charge >= 0.3 is 5.76 Å². The fourth-order valence-electron chi connectivity index (χ4n) is 2.03. The second-order valence-electron chi connectivity index (χ2n) is 4.35. The number of carbonyl (C=O) groups is 1. The number of rotatable bonds is 1. The zero-order valence-corrected chi connectivity index (χ0v) is 10.3. The largest absolute Gasteiger partial charge is 0.427 e. The predicted molar refractivity (Wildman–Crippen MR) is 71.4 cm³/mol. The van der Waals surface area contributed by atoms with E-state index in [2.05, 4.69) is 0 Å². The topological polar surface area (TPSA) is 52.2 Å². The minimum Gasteiger partial charge on any atom is -0.407 e. The molecule has 2 aromatic carbocycles. The molecule has 0 saturated carbocycles. The van der Waals surface area contributed by atoms with Crippen molar-refractivity contribution in [1.29, 1.82) is 0 Å². The molecule has 0 amide bonds. The Hall–Kier alpha value is -2.62. The van der Waals surface area contributed by atoms with E-state index >= 15 is 0 Å². The Morgan fingerprint density at radius 1 is 1.11 bits per heavy atom. The predicted octanol–water partition coefficient (Wildman–Crippen LogP) is 2.59. The molecular weight excluding hydrogens is 242 g/mol. The van der Waals surface area contributed by atoms with E-state index in [9.17, 15) is 9.59 Å². The third-order valence-corrected chi connectivity index (χ3v) is 2.96. The van der Waals surface area contributed by atoms with Gasteiger partial charge in [0.05, 0.1) is 5.52 Å². The smallest absolute Gasteiger partial charge is 0.407 e. The van der Waals surface area contributed by atoms with Gasteiger partial charge in [-0.05, 0) is 36.8 Å². The van der Waals surface area contributed by atoms with Crippen LogP contribution < -0.4 is 5.76 Å². The number of oxazole rings is 1. The summed E-state index contributed by atoms with van der Waals surface area (Å²) in [5.41, 5.74) is 2.34. The first kappa shape index (κ1) is 11.5. The number of nitrogens with zero attached hydrogens (tertiary/aromatic N) is 1. The van der Waals surface area contributed by atoms with E-state index in [1.54, 1.807) is 36.4 Å². The van der Waals surface area contributed by atoms with Crippen molar-refractivity contribution in [2.45, 2.75) is 6.92 Å². The number of aromatic nitrogens is 1. The second-order valence-corrected chi connectivity index (χ2v) is 4.35. The summed E-state index contributed by atoms with van der Waals surface area (Å²) >= 11 is 0. The Labute approximate surface area is 108 Å². The standard InChI is InChI=1S/C15H11NO3/c1-10-7-8-12-13(9-10)19-15(18)16(12)14(17)11-5-3-2-4-6-11/h2-9H,1H3. The highest BCUT2D eigenvalue weighted by Crippen LogP contribution is 2.16. The minimum atomic E-state index is -0.658. The maximum Gasteiger partial charge on any atom is 0.427 e. The Morgan fingerprint density at radius 2 is 1.84 bits per heavy atom. The number of hydrogen-bond acceptors (Lipinski definition) is 3. The van der Waals surface area contributed by atoms with E-state index in [-0.39, 0.29) is 5.91 Å². The van der Waals surface area contributed by atoms with Crippen LogP contribution >= 0.6 is 0 Å². The molecular formula is C15H11NO3. The summed E-state index contributed by atoms with van der Waals surface area (Å²) in [5, 5.41) is 0. The molecule has 0 bridgehead atoms. The van der Waals surface area contributed by atoms with Crippen molar-refractivity contribution in [2.75, 3.05) is 0 Å². The van der Waals surface area contributed by atoms with E-state index < -0.39 is 5.76 Å².